The van der Waals surface area contributed by atoms with Crippen molar-refractivity contribution >= 4 is 56.7 Å². The van der Waals surface area contributed by atoms with Crippen LogP contribution in [-0.4, -0.2) is 42.0 Å². The predicted octanol–water partition coefficient (Wildman–Crippen LogP) is 4.74. The number of nitrogens with zero attached hydrogens (tertiary/aromatic N) is 4. The fourth-order valence-electron chi connectivity index (χ4n) is 4.72. The first kappa shape index (κ1) is 40.3. The molecule has 4 aromatic carbocycles. The Morgan fingerprint density at radius 2 is 1.12 bits per heavy atom. The van der Waals surface area contributed by atoms with Crippen LogP contribution in [0.2, 0.25) is 0 Å². The molecule has 4 aromatic rings. The number of hydrogen-bond acceptors (Lipinski definition) is 9. The number of benzene rings is 4. The van der Waals surface area contributed by atoms with Gasteiger partial charge in [-0.25, -0.2) is 8.42 Å². The highest BCUT2D eigenvalue weighted by Crippen LogP contribution is 2.37. The van der Waals surface area contributed by atoms with E-state index in [-0.39, 0.29) is 39.7 Å². The molecule has 8 N–H and O–H groups in total. The van der Waals surface area contributed by atoms with Crippen LogP contribution in [0.3, 0.4) is 0 Å². The molecular formula is C34H36N8O8S2. The topological polar surface area (TPSA) is 283 Å². The lowest BCUT2D eigenvalue weighted by molar-refractivity contribution is -0.388. The molecule has 16 nitrogen and oxygen atoms in total. The van der Waals surface area contributed by atoms with E-state index in [4.69, 9.17) is 22.9 Å². The highest BCUT2D eigenvalue weighted by molar-refractivity contribution is 7.99. The molecule has 0 aromatic heterocycles. The Morgan fingerprint density at radius 1 is 0.692 bits per heavy atom. The van der Waals surface area contributed by atoms with Gasteiger partial charge in [-0.2, -0.15) is 9.98 Å². The second-order valence-corrected chi connectivity index (χ2v) is 14.1. The minimum Gasteiger partial charge on any atom is -0.370 e. The Labute approximate surface area is 303 Å². The molecule has 18 heteroatoms. The maximum atomic E-state index is 12.9. The molecule has 272 valence electrons. The summed E-state index contributed by atoms with van der Waals surface area (Å²) in [7, 11) is -4.17. The normalized spacial score (nSPS) is 10.7. The average Bonchev–Trinajstić information content (AvgIpc) is 3.08. The van der Waals surface area contributed by atoms with E-state index in [2.05, 4.69) is 9.98 Å². The lowest BCUT2D eigenvalue weighted by Gasteiger charge is -2.11. The second kappa shape index (κ2) is 17.2. The van der Waals surface area contributed by atoms with Gasteiger partial charge in [-0.3, -0.25) is 29.8 Å². The minimum absolute atomic E-state index is 0.0819. The minimum atomic E-state index is -4.17. The van der Waals surface area contributed by atoms with Gasteiger partial charge in [-0.1, -0.05) is 61.0 Å². The highest BCUT2D eigenvalue weighted by atomic mass is 32.2. The van der Waals surface area contributed by atoms with Crippen LogP contribution < -0.4 is 22.9 Å². The fourth-order valence-corrected chi connectivity index (χ4v) is 7.14. The molecule has 0 aliphatic heterocycles. The Hall–Kier alpha value is -6.14. The van der Waals surface area contributed by atoms with Crippen LogP contribution in [0.1, 0.15) is 56.8 Å². The van der Waals surface area contributed by atoms with Crippen molar-refractivity contribution in [1.82, 2.24) is 0 Å². The van der Waals surface area contributed by atoms with Gasteiger partial charge in [-0.15, -0.1) is 0 Å². The standard InChI is InChI=1S/C17H18N4O5S.C17H18N4O3S/c1-3-11-8-15(27(25,26)12-6-4-10(2)5-7-12)14(21(23)24)9-13(11)16(22)20-17(18)19;1-3-11-8-15(25-12-6-4-10(2)5-7-12)14(21(23)24)9-13(11)16(22)20-17(18)19/h4-9H,3H2,1-2H3,(H4,18,19,20,22);4-9H,3H2,1-2H3,(H4,18,19,20,22). The van der Waals surface area contributed by atoms with Crippen molar-refractivity contribution in [2.75, 3.05) is 0 Å². The summed E-state index contributed by atoms with van der Waals surface area (Å²) in [6.45, 7) is 7.29. The quantitative estimate of drug-likeness (QED) is 0.0738. The Bertz CT molecular complexity index is 2200. The number of carbonyl (C=O) groups is 2. The third-order valence-corrected chi connectivity index (χ3v) is 10.2. The summed E-state index contributed by atoms with van der Waals surface area (Å²) in [6.07, 6.45) is 0.760. The molecule has 0 saturated carbocycles. The number of carbonyl (C=O) groups excluding carboxylic acids is 2. The first-order chi connectivity index (χ1) is 24.4. The first-order valence-corrected chi connectivity index (χ1v) is 17.7. The van der Waals surface area contributed by atoms with E-state index >= 15 is 0 Å². The highest BCUT2D eigenvalue weighted by Gasteiger charge is 2.31. The van der Waals surface area contributed by atoms with E-state index in [1.807, 2.05) is 38.1 Å². The zero-order valence-electron chi connectivity index (χ0n) is 28.5. The zero-order valence-corrected chi connectivity index (χ0v) is 30.2. The Kier molecular flexibility index (Phi) is 13.3. The molecule has 0 saturated heterocycles. The lowest BCUT2D eigenvalue weighted by atomic mass is 10.0. The van der Waals surface area contributed by atoms with Crippen molar-refractivity contribution in [1.29, 1.82) is 0 Å². The van der Waals surface area contributed by atoms with Crippen molar-refractivity contribution in [2.24, 2.45) is 32.9 Å². The van der Waals surface area contributed by atoms with Gasteiger partial charge in [0, 0.05) is 17.0 Å². The number of aliphatic imine (C=N–C) groups is 2. The van der Waals surface area contributed by atoms with E-state index in [0.29, 0.717) is 16.9 Å². The summed E-state index contributed by atoms with van der Waals surface area (Å²) < 4.78 is 25.9. The molecule has 0 unspecified atom stereocenters. The lowest BCUT2D eigenvalue weighted by Crippen LogP contribution is -2.24. The van der Waals surface area contributed by atoms with Gasteiger partial charge >= 0.3 is 0 Å². The maximum Gasteiger partial charge on any atom is 0.289 e. The van der Waals surface area contributed by atoms with E-state index in [1.165, 1.54) is 30.0 Å². The summed E-state index contributed by atoms with van der Waals surface area (Å²) in [5, 5.41) is 23.0. The van der Waals surface area contributed by atoms with Crippen LogP contribution in [-0.2, 0) is 22.7 Å². The number of hydrogen-bond donors (Lipinski definition) is 4. The molecule has 0 aliphatic rings. The van der Waals surface area contributed by atoms with Crippen LogP contribution in [0, 0.1) is 34.1 Å². The second-order valence-electron chi connectivity index (χ2n) is 11.1. The number of nitrogens with two attached hydrogens (primary N) is 4. The van der Waals surface area contributed by atoms with Gasteiger partial charge in [0.1, 0.15) is 4.90 Å². The van der Waals surface area contributed by atoms with Crippen LogP contribution in [0.15, 0.2) is 102 Å². The predicted molar refractivity (Wildman–Crippen MR) is 197 cm³/mol. The van der Waals surface area contributed by atoms with Gasteiger partial charge in [0.05, 0.1) is 30.8 Å². The van der Waals surface area contributed by atoms with Crippen molar-refractivity contribution in [3.05, 3.63) is 126 Å². The summed E-state index contributed by atoms with van der Waals surface area (Å²) in [6, 6.07) is 18.5. The van der Waals surface area contributed by atoms with E-state index in [0.717, 1.165) is 28.2 Å². The molecule has 0 fully saturated rings. The van der Waals surface area contributed by atoms with Crippen molar-refractivity contribution in [3.8, 4) is 0 Å². The molecule has 0 heterocycles. The molecule has 0 bridgehead atoms. The number of guanidine groups is 2. The monoisotopic (exact) mass is 748 g/mol. The summed E-state index contributed by atoms with van der Waals surface area (Å²) >= 11 is 1.28. The van der Waals surface area contributed by atoms with Gasteiger partial charge < -0.3 is 22.9 Å². The Balaban J connectivity index is 0.000000281. The number of rotatable bonds is 10. The largest absolute Gasteiger partial charge is 0.370 e. The number of nitro benzene ring substituents is 2. The van der Waals surface area contributed by atoms with Gasteiger partial charge in [0.2, 0.25) is 9.84 Å². The summed E-state index contributed by atoms with van der Waals surface area (Å²) in [5.74, 6) is -2.45. The SMILES string of the molecule is CCc1cc(S(=O)(=O)c2ccc(C)cc2)c([N+](=O)[O-])cc1C(=O)N=C(N)N.CCc1cc(Sc2ccc(C)cc2)c([N+](=O)[O-])cc1C(=O)N=C(N)N. The number of amides is 2. The summed E-state index contributed by atoms with van der Waals surface area (Å²) in [5.41, 5.74) is 22.8. The maximum absolute atomic E-state index is 12.9. The van der Waals surface area contributed by atoms with Gasteiger partial charge in [-0.05, 0) is 74.2 Å². The van der Waals surface area contributed by atoms with E-state index < -0.39 is 48.0 Å². The Morgan fingerprint density at radius 3 is 1.54 bits per heavy atom. The zero-order chi connectivity index (χ0) is 38.9. The van der Waals surface area contributed by atoms with Crippen molar-refractivity contribution in [2.45, 2.75) is 60.1 Å². The average molecular weight is 749 g/mol. The van der Waals surface area contributed by atoms with Gasteiger partial charge in [0.15, 0.2) is 11.9 Å². The molecule has 0 spiro atoms. The third-order valence-electron chi connectivity index (χ3n) is 7.32. The van der Waals surface area contributed by atoms with Crippen LogP contribution in [0.25, 0.3) is 0 Å². The fraction of sp³-hybridized carbons (Fsp3) is 0.176. The molecule has 0 radical (unpaired) electrons. The van der Waals surface area contributed by atoms with Crippen molar-refractivity contribution < 1.29 is 27.9 Å². The number of sulfone groups is 1. The third kappa shape index (κ3) is 9.98. The molecule has 4 rings (SSSR count). The van der Waals surface area contributed by atoms with E-state index in [1.54, 1.807) is 32.0 Å². The number of nitro groups is 2. The smallest absolute Gasteiger partial charge is 0.289 e. The molecule has 0 atom stereocenters. The molecular weight excluding hydrogens is 713 g/mol. The van der Waals surface area contributed by atoms with Gasteiger partial charge in [0.25, 0.3) is 23.2 Å². The molecule has 0 aliphatic carbocycles. The molecule has 52 heavy (non-hydrogen) atoms. The van der Waals surface area contributed by atoms with Crippen LogP contribution in [0.4, 0.5) is 11.4 Å². The van der Waals surface area contributed by atoms with Crippen LogP contribution in [0.5, 0.6) is 0 Å². The number of aryl methyl sites for hydroxylation is 4. The summed E-state index contributed by atoms with van der Waals surface area (Å²) in [4.78, 5) is 53.5. The first-order valence-electron chi connectivity index (χ1n) is 15.4. The molecule has 2 amide bonds. The van der Waals surface area contributed by atoms with Crippen LogP contribution >= 0.6 is 11.8 Å². The van der Waals surface area contributed by atoms with Crippen molar-refractivity contribution in [3.63, 3.8) is 0 Å². The van der Waals surface area contributed by atoms with E-state index in [9.17, 15) is 38.2 Å².